The molecule has 2 fully saturated rings. The summed E-state index contributed by atoms with van der Waals surface area (Å²) in [5.41, 5.74) is 2.18. The summed E-state index contributed by atoms with van der Waals surface area (Å²) in [5, 5.41) is 11.0. The molecule has 0 bridgehead atoms. The molecule has 35 heavy (non-hydrogen) atoms. The molecule has 3 amide bonds. The molecule has 9 heteroatoms. The van der Waals surface area contributed by atoms with Gasteiger partial charge >= 0.3 is 12.0 Å². The van der Waals surface area contributed by atoms with Crippen LogP contribution < -0.4 is 4.74 Å². The second kappa shape index (κ2) is 9.97. The van der Waals surface area contributed by atoms with Crippen molar-refractivity contribution in [2.45, 2.75) is 58.6 Å². The summed E-state index contributed by atoms with van der Waals surface area (Å²) in [6, 6.07) is 4.98. The summed E-state index contributed by atoms with van der Waals surface area (Å²) in [5.74, 6) is 2.43. The Morgan fingerprint density at radius 2 is 1.86 bits per heavy atom. The van der Waals surface area contributed by atoms with Gasteiger partial charge in [-0.15, -0.1) is 0 Å². The average molecular weight is 485 g/mol. The molecule has 3 aliphatic rings. The minimum Gasteiger partial charge on any atom is -0.490 e. The van der Waals surface area contributed by atoms with E-state index in [0.29, 0.717) is 23.6 Å². The van der Waals surface area contributed by atoms with Gasteiger partial charge in [0.2, 0.25) is 11.9 Å². The van der Waals surface area contributed by atoms with E-state index < -0.39 is 18.2 Å². The molecule has 4 rings (SSSR count). The molecule has 2 saturated heterocycles. The largest absolute Gasteiger partial charge is 0.490 e. The van der Waals surface area contributed by atoms with Gasteiger partial charge in [-0.3, -0.25) is 19.2 Å². The van der Waals surface area contributed by atoms with E-state index in [-0.39, 0.29) is 19.1 Å². The Hall–Kier alpha value is -2.94. The molecule has 1 aromatic carbocycles. The van der Waals surface area contributed by atoms with Gasteiger partial charge in [-0.05, 0) is 48.8 Å². The molecule has 1 N–H and O–H groups in total. The van der Waals surface area contributed by atoms with Crippen molar-refractivity contribution in [2.24, 2.45) is 10.9 Å². The highest BCUT2D eigenvalue weighted by atomic mass is 16.5. The number of guanidine groups is 1. The van der Waals surface area contributed by atoms with Gasteiger partial charge in [0.25, 0.3) is 5.91 Å². The van der Waals surface area contributed by atoms with Crippen LogP contribution in [0.15, 0.2) is 23.2 Å². The Labute approximate surface area is 207 Å². The topological polar surface area (TPSA) is 88.7 Å². The van der Waals surface area contributed by atoms with E-state index in [9.17, 15) is 14.7 Å². The third kappa shape index (κ3) is 4.91. The number of aliphatic imine (C=N–C) groups is 1. The molecule has 0 saturated carbocycles. The standard InChI is InChI=1S/C26H38N5O4/c1-16(2)20-8-7-18(4)13-21(20)35-15-19(32)14-31-22-23(28(5)26(34)29(6)24(22)33)27-25(31)30-11-9-17(3)10-12-30/h7-8,13,16-17,19,22,32H,9-12,14-15H2,1-6H3/q+1. The number of imide groups is 1. The van der Waals surface area contributed by atoms with E-state index in [2.05, 4.69) is 37.5 Å². The van der Waals surface area contributed by atoms with Gasteiger partial charge in [0.1, 0.15) is 18.5 Å². The number of hydrogen-bond acceptors (Lipinski definition) is 4. The number of carbonyl (C=O) groups excluding carboxylic acids is 2. The number of amides is 3. The number of piperidine rings is 1. The Kier molecular flexibility index (Phi) is 7.17. The number of urea groups is 1. The first-order valence-corrected chi connectivity index (χ1v) is 12.5. The third-order valence-corrected chi connectivity index (χ3v) is 7.21. The zero-order valence-electron chi connectivity index (χ0n) is 21.7. The lowest BCUT2D eigenvalue weighted by atomic mass is 10.0. The van der Waals surface area contributed by atoms with Crippen LogP contribution in [0.2, 0.25) is 0 Å². The molecule has 3 aliphatic heterocycles. The summed E-state index contributed by atoms with van der Waals surface area (Å²) in [6.45, 7) is 10.4. The Morgan fingerprint density at radius 1 is 1.17 bits per heavy atom. The number of aliphatic hydroxyl groups excluding tert-OH is 1. The average Bonchev–Trinajstić information content (AvgIpc) is 3.19. The van der Waals surface area contributed by atoms with E-state index in [4.69, 9.17) is 9.73 Å². The molecule has 0 radical (unpaired) electrons. The van der Waals surface area contributed by atoms with Crippen molar-refractivity contribution in [2.75, 3.05) is 40.3 Å². The first-order chi connectivity index (χ1) is 16.6. The maximum Gasteiger partial charge on any atom is 0.392 e. The van der Waals surface area contributed by atoms with E-state index in [1.807, 2.05) is 17.9 Å². The second-order valence-electron chi connectivity index (χ2n) is 10.4. The first kappa shape index (κ1) is 25.2. The fourth-order valence-electron chi connectivity index (χ4n) is 4.94. The summed E-state index contributed by atoms with van der Waals surface area (Å²) in [7, 11) is 3.13. The van der Waals surface area contributed by atoms with Gasteiger partial charge in [0.15, 0.2) is 0 Å². The van der Waals surface area contributed by atoms with Crippen molar-refractivity contribution in [1.29, 1.82) is 0 Å². The van der Waals surface area contributed by atoms with Crippen LogP contribution in [0.3, 0.4) is 0 Å². The Morgan fingerprint density at radius 3 is 2.51 bits per heavy atom. The number of nitrogens with zero attached hydrogens (tertiary/aromatic N) is 5. The number of amidine groups is 1. The molecule has 1 aromatic rings. The van der Waals surface area contributed by atoms with E-state index in [1.165, 1.54) is 11.9 Å². The predicted octanol–water partition coefficient (Wildman–Crippen LogP) is 2.26. The quantitative estimate of drug-likeness (QED) is 0.626. The van der Waals surface area contributed by atoms with Crippen molar-refractivity contribution < 1.29 is 24.0 Å². The van der Waals surface area contributed by atoms with Crippen LogP contribution in [-0.2, 0) is 4.79 Å². The highest BCUT2D eigenvalue weighted by Gasteiger charge is 2.55. The van der Waals surface area contributed by atoms with Crippen LogP contribution in [0, 0.1) is 12.8 Å². The van der Waals surface area contributed by atoms with Gasteiger partial charge in [-0.2, -0.15) is 0 Å². The van der Waals surface area contributed by atoms with E-state index in [0.717, 1.165) is 47.7 Å². The van der Waals surface area contributed by atoms with Crippen molar-refractivity contribution in [3.63, 3.8) is 0 Å². The lowest BCUT2D eigenvalue weighted by Crippen LogP contribution is -2.63. The number of carbonyl (C=O) groups is 2. The lowest BCUT2D eigenvalue weighted by molar-refractivity contribution is -0.545. The van der Waals surface area contributed by atoms with Crippen LogP contribution in [0.4, 0.5) is 4.79 Å². The fourth-order valence-corrected chi connectivity index (χ4v) is 4.94. The second-order valence-corrected chi connectivity index (χ2v) is 10.4. The fraction of sp³-hybridized carbons (Fsp3) is 0.615. The van der Waals surface area contributed by atoms with Crippen molar-refractivity contribution >= 4 is 23.7 Å². The van der Waals surface area contributed by atoms with Crippen molar-refractivity contribution in [3.8, 4) is 5.75 Å². The highest BCUT2D eigenvalue weighted by molar-refractivity contribution is 6.25. The Bertz CT molecular complexity index is 1060. The normalized spacial score (nSPS) is 23.8. The monoisotopic (exact) mass is 484 g/mol. The summed E-state index contributed by atoms with van der Waals surface area (Å²) >= 11 is 0. The number of aryl methyl sites for hydroxylation is 1. The molecule has 190 valence electrons. The van der Waals surface area contributed by atoms with Gasteiger partial charge in [0.05, 0.1) is 19.6 Å². The summed E-state index contributed by atoms with van der Waals surface area (Å²) in [4.78, 5) is 34.9. The minimum absolute atomic E-state index is 0.0881. The zero-order valence-corrected chi connectivity index (χ0v) is 21.7. The number of benzene rings is 1. The molecular formula is C26H38N5O4+. The van der Waals surface area contributed by atoms with Gasteiger partial charge in [0, 0.05) is 14.1 Å². The maximum atomic E-state index is 13.2. The van der Waals surface area contributed by atoms with Gasteiger partial charge in [-0.25, -0.2) is 9.69 Å². The molecule has 0 aromatic heterocycles. The van der Waals surface area contributed by atoms with Crippen molar-refractivity contribution in [1.82, 2.24) is 14.7 Å². The summed E-state index contributed by atoms with van der Waals surface area (Å²) in [6.07, 6.45) is 1.21. The maximum absolute atomic E-state index is 13.2. The first-order valence-electron chi connectivity index (χ1n) is 12.5. The Balaban J connectivity index is 1.58. The van der Waals surface area contributed by atoms with Crippen LogP contribution in [0.1, 0.15) is 50.7 Å². The van der Waals surface area contributed by atoms with Crippen LogP contribution in [0.5, 0.6) is 5.75 Å². The lowest BCUT2D eigenvalue weighted by Gasteiger charge is -2.34. The van der Waals surface area contributed by atoms with E-state index >= 15 is 0 Å². The number of β-amino-alcohol motifs (C(OH)–C–C–N with tert-alkyl or cyclic N) is 1. The summed E-state index contributed by atoms with van der Waals surface area (Å²) < 4.78 is 8.24. The third-order valence-electron chi connectivity index (χ3n) is 7.21. The highest BCUT2D eigenvalue weighted by Crippen LogP contribution is 2.28. The van der Waals surface area contributed by atoms with Crippen LogP contribution in [0.25, 0.3) is 0 Å². The predicted molar refractivity (Wildman–Crippen MR) is 134 cm³/mol. The molecule has 2 atom stereocenters. The molecule has 9 nitrogen and oxygen atoms in total. The number of aliphatic hydroxyl groups is 1. The van der Waals surface area contributed by atoms with Crippen LogP contribution in [-0.4, -0.2) is 101 Å². The van der Waals surface area contributed by atoms with Crippen LogP contribution >= 0.6 is 0 Å². The van der Waals surface area contributed by atoms with Gasteiger partial charge in [-0.1, -0.05) is 37.9 Å². The number of ether oxygens (including phenoxy) is 1. The molecular weight excluding hydrogens is 446 g/mol. The van der Waals surface area contributed by atoms with Gasteiger partial charge < -0.3 is 9.84 Å². The smallest absolute Gasteiger partial charge is 0.392 e. The number of rotatable bonds is 6. The number of hydrogen-bond donors (Lipinski definition) is 1. The molecule has 0 aliphatic carbocycles. The molecule has 3 heterocycles. The zero-order chi connectivity index (χ0) is 25.4. The van der Waals surface area contributed by atoms with E-state index in [1.54, 1.807) is 7.05 Å². The SMILES string of the molecule is Cc1ccc(C(C)C)c(OCC(O)CN2C(=[N+]3CCC(C)CC3)N=C3C2C(=O)N(C)C(=O)N3C)c1. The number of likely N-dealkylation sites (N-methyl/N-ethyl adjacent to an activating group) is 2. The molecule has 2 unspecified atom stereocenters. The number of fused-ring (bicyclic) bond motifs is 1. The minimum atomic E-state index is -0.857. The molecule has 0 spiro atoms. The van der Waals surface area contributed by atoms with Crippen molar-refractivity contribution in [3.05, 3.63) is 29.3 Å².